The molecule has 0 bridgehead atoms. The molecule has 0 spiro atoms. The third-order valence-electron chi connectivity index (χ3n) is 4.90. The molecule has 10 heteroatoms. The van der Waals surface area contributed by atoms with Crippen LogP contribution in [-0.2, 0) is 25.7 Å². The van der Waals surface area contributed by atoms with E-state index in [1.807, 2.05) is 36.4 Å². The molecule has 2 unspecified atom stereocenters. The molecule has 0 heterocycles. The van der Waals surface area contributed by atoms with Crippen molar-refractivity contribution in [1.82, 2.24) is 15.5 Å². The Morgan fingerprint density at radius 2 is 1.61 bits per heavy atom. The minimum Gasteiger partial charge on any atom is -0.444 e. The Balaban J connectivity index is 2.39. The second kappa shape index (κ2) is 12.9. The van der Waals surface area contributed by atoms with Crippen LogP contribution in [0.2, 0.25) is 0 Å². The zero-order valence-electron chi connectivity index (χ0n) is 20.6. The van der Waals surface area contributed by atoms with Crippen molar-refractivity contribution in [3.8, 4) is 6.07 Å². The van der Waals surface area contributed by atoms with Crippen molar-refractivity contribution in [2.24, 2.45) is 5.73 Å². The summed E-state index contributed by atoms with van der Waals surface area (Å²) in [7, 11) is 0. The van der Waals surface area contributed by atoms with Crippen LogP contribution in [0.5, 0.6) is 0 Å². The number of rotatable bonds is 10. The van der Waals surface area contributed by atoms with Crippen molar-refractivity contribution in [2.45, 2.75) is 51.4 Å². The number of carbonyl (C=O) groups excluding carboxylic acids is 4. The van der Waals surface area contributed by atoms with Crippen LogP contribution in [-0.4, -0.2) is 46.9 Å². The number of ether oxygens (including phenoxy) is 1. The lowest BCUT2D eigenvalue weighted by Gasteiger charge is -2.32. The monoisotopic (exact) mass is 493 g/mol. The van der Waals surface area contributed by atoms with Crippen molar-refractivity contribution in [3.05, 3.63) is 71.8 Å². The number of alkyl carbamates (subject to hydrolysis) is 1. The van der Waals surface area contributed by atoms with Gasteiger partial charge in [0.15, 0.2) is 0 Å². The molecule has 0 radical (unpaired) electrons. The highest BCUT2D eigenvalue weighted by Gasteiger charge is 2.36. The molecule has 36 heavy (non-hydrogen) atoms. The van der Waals surface area contributed by atoms with Crippen LogP contribution in [0.15, 0.2) is 60.7 Å². The maximum absolute atomic E-state index is 13.6. The molecule has 10 nitrogen and oxygen atoms in total. The Kier molecular flexibility index (Phi) is 9.98. The van der Waals surface area contributed by atoms with Gasteiger partial charge in [0.25, 0.3) is 0 Å². The lowest BCUT2D eigenvalue weighted by atomic mass is 10.0. The Morgan fingerprint density at radius 3 is 2.14 bits per heavy atom. The molecular weight excluding hydrogens is 462 g/mol. The van der Waals surface area contributed by atoms with Crippen LogP contribution in [0.1, 0.15) is 44.4 Å². The first kappa shape index (κ1) is 27.9. The van der Waals surface area contributed by atoms with Crippen molar-refractivity contribution in [1.29, 1.82) is 5.26 Å². The Morgan fingerprint density at radius 1 is 1.03 bits per heavy atom. The summed E-state index contributed by atoms with van der Waals surface area (Å²) in [5.74, 6) is -2.22. The third kappa shape index (κ3) is 8.76. The molecule has 0 aliphatic carbocycles. The van der Waals surface area contributed by atoms with Crippen LogP contribution in [0, 0.1) is 11.3 Å². The number of amides is 4. The number of primary amides is 1. The second-order valence-corrected chi connectivity index (χ2v) is 9.01. The van der Waals surface area contributed by atoms with Crippen molar-refractivity contribution < 1.29 is 23.9 Å². The van der Waals surface area contributed by atoms with Gasteiger partial charge in [0.1, 0.15) is 24.2 Å². The van der Waals surface area contributed by atoms with Crippen LogP contribution < -0.4 is 16.4 Å². The number of nitrogens with two attached hydrogens (primary N) is 1. The molecule has 0 saturated carbocycles. The first-order chi connectivity index (χ1) is 17.0. The predicted octanol–water partition coefficient (Wildman–Crippen LogP) is 2.16. The van der Waals surface area contributed by atoms with Gasteiger partial charge >= 0.3 is 6.09 Å². The predicted molar refractivity (Wildman–Crippen MR) is 132 cm³/mol. The quantitative estimate of drug-likeness (QED) is 0.431. The number of benzene rings is 2. The zero-order valence-corrected chi connectivity index (χ0v) is 20.6. The molecule has 190 valence electrons. The van der Waals surface area contributed by atoms with E-state index >= 15 is 0 Å². The zero-order chi connectivity index (χ0) is 26.7. The van der Waals surface area contributed by atoms with Gasteiger partial charge in [-0.1, -0.05) is 60.7 Å². The minimum atomic E-state index is -1.45. The van der Waals surface area contributed by atoms with E-state index in [0.29, 0.717) is 5.56 Å². The Hall–Kier alpha value is -4.39. The Labute approximate surface area is 210 Å². The number of hydrogen-bond donors (Lipinski definition) is 3. The van der Waals surface area contributed by atoms with Gasteiger partial charge in [0.05, 0.1) is 12.5 Å². The van der Waals surface area contributed by atoms with Gasteiger partial charge in [0, 0.05) is 6.54 Å². The fraction of sp³-hybridized carbons (Fsp3) is 0.346. The summed E-state index contributed by atoms with van der Waals surface area (Å²) in [6.07, 6.45) is -1.49. The van der Waals surface area contributed by atoms with Gasteiger partial charge < -0.3 is 26.0 Å². The molecule has 0 aliphatic heterocycles. The highest BCUT2D eigenvalue weighted by molar-refractivity contribution is 5.94. The maximum atomic E-state index is 13.6. The van der Waals surface area contributed by atoms with E-state index in [2.05, 4.69) is 10.6 Å². The van der Waals surface area contributed by atoms with Crippen LogP contribution in [0.4, 0.5) is 4.79 Å². The molecule has 0 saturated heterocycles. The van der Waals surface area contributed by atoms with Crippen molar-refractivity contribution in [2.75, 3.05) is 6.54 Å². The summed E-state index contributed by atoms with van der Waals surface area (Å²) in [5.41, 5.74) is 5.75. The van der Waals surface area contributed by atoms with Gasteiger partial charge in [-0.3, -0.25) is 14.4 Å². The van der Waals surface area contributed by atoms with Gasteiger partial charge in [-0.05, 0) is 31.9 Å². The standard InChI is InChI=1S/C26H31N5O5/c1-26(2,3)36-25(35)30-20(16-21(28)32)24(34)31(15-14-27)22(19-12-8-5-9-13-19)23(33)29-17-18-10-6-4-7-11-18/h4-13,20,22H,15-17H2,1-3H3,(H2,28,32)(H,29,33)(H,30,35). The number of nitriles is 1. The minimum absolute atomic E-state index is 0.193. The summed E-state index contributed by atoms with van der Waals surface area (Å²) in [6, 6.07) is 16.9. The number of nitrogens with zero attached hydrogens (tertiary/aromatic N) is 2. The second-order valence-electron chi connectivity index (χ2n) is 9.01. The summed E-state index contributed by atoms with van der Waals surface area (Å²) in [5, 5.41) is 14.6. The first-order valence-corrected chi connectivity index (χ1v) is 11.3. The van der Waals surface area contributed by atoms with E-state index in [4.69, 9.17) is 10.5 Å². The van der Waals surface area contributed by atoms with Crippen LogP contribution in [0.3, 0.4) is 0 Å². The highest BCUT2D eigenvalue weighted by atomic mass is 16.6. The average molecular weight is 494 g/mol. The lowest BCUT2D eigenvalue weighted by Crippen LogP contribution is -2.54. The topological polar surface area (TPSA) is 155 Å². The SMILES string of the molecule is CC(C)(C)OC(=O)NC(CC(N)=O)C(=O)N(CC#N)C(C(=O)NCc1ccccc1)c1ccccc1. The first-order valence-electron chi connectivity index (χ1n) is 11.3. The van der Waals surface area contributed by atoms with E-state index in [0.717, 1.165) is 10.5 Å². The summed E-state index contributed by atoms with van der Waals surface area (Å²) >= 11 is 0. The summed E-state index contributed by atoms with van der Waals surface area (Å²) in [6.45, 7) is 4.63. The Bertz CT molecular complexity index is 1090. The largest absolute Gasteiger partial charge is 0.444 e. The molecule has 2 atom stereocenters. The molecule has 0 aliphatic rings. The molecular formula is C26H31N5O5. The maximum Gasteiger partial charge on any atom is 0.408 e. The lowest BCUT2D eigenvalue weighted by molar-refractivity contribution is -0.142. The smallest absolute Gasteiger partial charge is 0.408 e. The van der Waals surface area contributed by atoms with Crippen molar-refractivity contribution >= 4 is 23.8 Å². The van der Waals surface area contributed by atoms with Gasteiger partial charge in [0.2, 0.25) is 17.7 Å². The molecule has 0 fully saturated rings. The van der Waals surface area contributed by atoms with E-state index < -0.39 is 54.5 Å². The average Bonchev–Trinajstić information content (AvgIpc) is 2.81. The molecule has 4 N–H and O–H groups in total. The third-order valence-corrected chi connectivity index (χ3v) is 4.90. The van der Waals surface area contributed by atoms with Crippen LogP contribution >= 0.6 is 0 Å². The number of hydrogen-bond acceptors (Lipinski definition) is 6. The summed E-state index contributed by atoms with van der Waals surface area (Å²) in [4.78, 5) is 52.0. The molecule has 4 amide bonds. The molecule has 2 rings (SSSR count). The van der Waals surface area contributed by atoms with Gasteiger partial charge in [-0.25, -0.2) is 4.79 Å². The van der Waals surface area contributed by atoms with Gasteiger partial charge in [-0.2, -0.15) is 5.26 Å². The molecule has 2 aromatic carbocycles. The van der Waals surface area contributed by atoms with Gasteiger partial charge in [-0.15, -0.1) is 0 Å². The van der Waals surface area contributed by atoms with E-state index in [1.165, 1.54) is 0 Å². The van der Waals surface area contributed by atoms with E-state index in [9.17, 15) is 24.4 Å². The van der Waals surface area contributed by atoms with Crippen molar-refractivity contribution in [3.63, 3.8) is 0 Å². The molecule has 2 aromatic rings. The van der Waals surface area contributed by atoms with Crippen LogP contribution in [0.25, 0.3) is 0 Å². The van der Waals surface area contributed by atoms with E-state index in [-0.39, 0.29) is 6.54 Å². The number of carbonyl (C=O) groups is 4. The fourth-order valence-corrected chi connectivity index (χ4v) is 3.41. The fourth-order valence-electron chi connectivity index (χ4n) is 3.41. The normalized spacial score (nSPS) is 12.4. The van der Waals surface area contributed by atoms with E-state index in [1.54, 1.807) is 51.1 Å². The molecule has 0 aromatic heterocycles. The highest BCUT2D eigenvalue weighted by Crippen LogP contribution is 2.23. The number of nitrogens with one attached hydrogen (secondary N) is 2. The summed E-state index contributed by atoms with van der Waals surface area (Å²) < 4.78 is 5.20.